The minimum Gasteiger partial charge on any atom is -0.383 e. The van der Waals surface area contributed by atoms with E-state index < -0.39 is 20.5 Å². The molecule has 0 aromatic heterocycles. The number of anilines is 1. The van der Waals surface area contributed by atoms with Crippen LogP contribution in [0.15, 0.2) is 24.3 Å². The lowest BCUT2D eigenvalue weighted by atomic mass is 9.82. The largest absolute Gasteiger partial charge is 0.383 e. The minimum absolute atomic E-state index is 0.00459. The first-order valence-electron chi connectivity index (χ1n) is 9.25. The van der Waals surface area contributed by atoms with Crippen LogP contribution >= 0.6 is 0 Å². The Morgan fingerprint density at radius 1 is 1.30 bits per heavy atom. The number of hydrogen-bond donors (Lipinski definition) is 2. The molecule has 0 aliphatic carbocycles. The zero-order valence-electron chi connectivity index (χ0n) is 16.0. The summed E-state index contributed by atoms with van der Waals surface area (Å²) in [4.78, 5) is 25.7. The summed E-state index contributed by atoms with van der Waals surface area (Å²) in [5.41, 5.74) is 1.93. The van der Waals surface area contributed by atoms with Gasteiger partial charge in [-0.3, -0.25) is 9.59 Å². The third kappa shape index (κ3) is 3.67. The number of nitrogens with one attached hydrogen (secondary N) is 2. The number of nitrogens with zero attached hydrogens (tertiary/aromatic N) is 1. The third-order valence-electron chi connectivity index (χ3n) is 5.46. The van der Waals surface area contributed by atoms with E-state index >= 15 is 0 Å². The number of sulfone groups is 1. The van der Waals surface area contributed by atoms with Crippen LogP contribution in [-0.4, -0.2) is 54.8 Å². The Hall–Kier alpha value is -2.09. The number of benzene rings is 1. The maximum atomic E-state index is 12.8. The summed E-state index contributed by atoms with van der Waals surface area (Å²) in [6, 6.07) is 8.09. The van der Waals surface area contributed by atoms with Crippen molar-refractivity contribution in [2.24, 2.45) is 5.92 Å². The van der Waals surface area contributed by atoms with Crippen LogP contribution < -0.4 is 10.6 Å². The van der Waals surface area contributed by atoms with E-state index in [9.17, 15) is 18.0 Å². The number of rotatable bonds is 5. The van der Waals surface area contributed by atoms with Crippen molar-refractivity contribution in [3.8, 4) is 0 Å². The van der Waals surface area contributed by atoms with Crippen LogP contribution in [0.1, 0.15) is 32.8 Å². The van der Waals surface area contributed by atoms with Gasteiger partial charge in [0.1, 0.15) is 4.75 Å². The summed E-state index contributed by atoms with van der Waals surface area (Å²) in [6.45, 7) is 6.11. The maximum Gasteiger partial charge on any atom is 0.225 e. The van der Waals surface area contributed by atoms with Gasteiger partial charge in [0, 0.05) is 38.3 Å². The van der Waals surface area contributed by atoms with Crippen molar-refractivity contribution in [2.45, 2.75) is 44.5 Å². The average Bonchev–Trinajstić information content (AvgIpc) is 2.82. The fraction of sp³-hybridized carbons (Fsp3) is 0.579. The number of carbonyl (C=O) groups is 2. The maximum absolute atomic E-state index is 12.8. The molecular weight excluding hydrogens is 366 g/mol. The smallest absolute Gasteiger partial charge is 0.225 e. The van der Waals surface area contributed by atoms with Crippen molar-refractivity contribution in [1.29, 1.82) is 0 Å². The molecule has 2 amide bonds. The van der Waals surface area contributed by atoms with E-state index in [0.717, 1.165) is 11.3 Å². The van der Waals surface area contributed by atoms with E-state index in [0.29, 0.717) is 19.0 Å². The molecule has 148 valence electrons. The molecule has 1 unspecified atom stereocenters. The quantitative estimate of drug-likeness (QED) is 0.783. The second-order valence-electron chi connectivity index (χ2n) is 7.82. The highest BCUT2D eigenvalue weighted by Gasteiger charge is 2.64. The zero-order chi connectivity index (χ0) is 19.8. The lowest BCUT2D eigenvalue weighted by Gasteiger charge is -2.49. The summed E-state index contributed by atoms with van der Waals surface area (Å²) in [6.07, 6.45) is 0.314. The first kappa shape index (κ1) is 19.7. The van der Waals surface area contributed by atoms with Crippen LogP contribution in [-0.2, 0) is 26.0 Å². The first-order valence-corrected chi connectivity index (χ1v) is 10.9. The SMILES string of the molecule is CC(=O)N1CC2(C1)C(C(=O)NCc1cccc(NC(C)C)c1)CCS2(=O)=O. The number of carbonyl (C=O) groups excluding carboxylic acids is 2. The van der Waals surface area contributed by atoms with Crippen LogP contribution in [0.3, 0.4) is 0 Å². The van der Waals surface area contributed by atoms with Gasteiger partial charge in [-0.15, -0.1) is 0 Å². The monoisotopic (exact) mass is 393 g/mol. The lowest BCUT2D eigenvalue weighted by Crippen LogP contribution is -2.69. The second kappa shape index (κ2) is 7.14. The van der Waals surface area contributed by atoms with Gasteiger partial charge in [0.05, 0.1) is 11.7 Å². The van der Waals surface area contributed by atoms with Crippen molar-refractivity contribution in [2.75, 3.05) is 24.2 Å². The Balaban J connectivity index is 1.67. The summed E-state index contributed by atoms with van der Waals surface area (Å²) in [7, 11) is -3.38. The summed E-state index contributed by atoms with van der Waals surface area (Å²) in [5.74, 6) is -1.00. The fourth-order valence-corrected chi connectivity index (χ4v) is 6.30. The molecule has 0 saturated carbocycles. The standard InChI is InChI=1S/C19H27N3O4S/c1-13(2)21-16-6-4-5-15(9-16)10-20-18(24)17-7-8-27(25,26)19(17)11-22(12-19)14(3)23/h4-6,9,13,17,21H,7-8,10-12H2,1-3H3,(H,20,24). The highest BCUT2D eigenvalue weighted by molar-refractivity contribution is 7.93. The van der Waals surface area contributed by atoms with Gasteiger partial charge in [0.25, 0.3) is 0 Å². The van der Waals surface area contributed by atoms with E-state index in [1.807, 2.05) is 24.3 Å². The predicted octanol–water partition coefficient (Wildman–Crippen LogP) is 1.16. The van der Waals surface area contributed by atoms with Gasteiger partial charge in [-0.05, 0) is 38.0 Å². The molecule has 8 heteroatoms. The van der Waals surface area contributed by atoms with Crippen molar-refractivity contribution >= 4 is 27.3 Å². The van der Waals surface area contributed by atoms with Gasteiger partial charge in [-0.25, -0.2) is 8.42 Å². The number of amides is 2. The Morgan fingerprint density at radius 3 is 2.63 bits per heavy atom. The molecule has 2 fully saturated rings. The molecule has 0 radical (unpaired) electrons. The normalized spacial score (nSPS) is 22.5. The Bertz CT molecular complexity index is 844. The van der Waals surface area contributed by atoms with Crippen LogP contribution in [0.25, 0.3) is 0 Å². The molecule has 2 heterocycles. The molecule has 27 heavy (non-hydrogen) atoms. The van der Waals surface area contributed by atoms with Gasteiger partial charge < -0.3 is 15.5 Å². The molecule has 7 nitrogen and oxygen atoms in total. The topological polar surface area (TPSA) is 95.6 Å². The van der Waals surface area contributed by atoms with E-state index in [2.05, 4.69) is 24.5 Å². The molecule has 1 spiro atoms. The molecule has 1 aromatic carbocycles. The van der Waals surface area contributed by atoms with Gasteiger partial charge >= 0.3 is 0 Å². The van der Waals surface area contributed by atoms with Gasteiger partial charge in [0.2, 0.25) is 11.8 Å². The van der Waals surface area contributed by atoms with Gasteiger partial charge in [-0.1, -0.05) is 12.1 Å². The van der Waals surface area contributed by atoms with E-state index in [1.165, 1.54) is 11.8 Å². The summed E-state index contributed by atoms with van der Waals surface area (Å²) >= 11 is 0. The Morgan fingerprint density at radius 2 is 2.00 bits per heavy atom. The highest BCUT2D eigenvalue weighted by atomic mass is 32.2. The van der Waals surface area contributed by atoms with Crippen molar-refractivity contribution in [3.63, 3.8) is 0 Å². The first-order chi connectivity index (χ1) is 12.6. The van der Waals surface area contributed by atoms with E-state index in [4.69, 9.17) is 0 Å². The van der Waals surface area contributed by atoms with Crippen molar-refractivity contribution < 1.29 is 18.0 Å². The van der Waals surface area contributed by atoms with Crippen LogP contribution in [0, 0.1) is 5.92 Å². The lowest BCUT2D eigenvalue weighted by molar-refractivity contribution is -0.138. The number of hydrogen-bond acceptors (Lipinski definition) is 5. The Kier molecular flexibility index (Phi) is 5.20. The summed E-state index contributed by atoms with van der Waals surface area (Å²) < 4.78 is 24.0. The average molecular weight is 394 g/mol. The third-order valence-corrected chi connectivity index (χ3v) is 8.01. The predicted molar refractivity (Wildman–Crippen MR) is 104 cm³/mol. The second-order valence-corrected chi connectivity index (χ2v) is 10.3. The van der Waals surface area contributed by atoms with Crippen molar-refractivity contribution in [1.82, 2.24) is 10.2 Å². The number of likely N-dealkylation sites (tertiary alicyclic amines) is 1. The fourth-order valence-electron chi connectivity index (χ4n) is 3.98. The molecule has 0 bridgehead atoms. The zero-order valence-corrected chi connectivity index (χ0v) is 16.8. The van der Waals surface area contributed by atoms with Gasteiger partial charge in [-0.2, -0.15) is 0 Å². The molecule has 2 aliphatic rings. The van der Waals surface area contributed by atoms with Crippen molar-refractivity contribution in [3.05, 3.63) is 29.8 Å². The van der Waals surface area contributed by atoms with E-state index in [1.54, 1.807) is 0 Å². The molecule has 1 aromatic rings. The minimum atomic E-state index is -3.38. The molecule has 2 N–H and O–H groups in total. The highest BCUT2D eigenvalue weighted by Crippen LogP contribution is 2.44. The summed E-state index contributed by atoms with van der Waals surface area (Å²) in [5, 5.41) is 6.21. The molecule has 2 aliphatic heterocycles. The molecular formula is C19H27N3O4S. The molecule has 1 atom stereocenters. The van der Waals surface area contributed by atoms with Crippen LogP contribution in [0.5, 0.6) is 0 Å². The Labute approximate surface area is 160 Å². The van der Waals surface area contributed by atoms with E-state index in [-0.39, 0.29) is 30.7 Å². The molecule has 2 saturated heterocycles. The van der Waals surface area contributed by atoms with Crippen LogP contribution in [0.4, 0.5) is 5.69 Å². The van der Waals surface area contributed by atoms with Crippen LogP contribution in [0.2, 0.25) is 0 Å². The molecule has 3 rings (SSSR count). The van der Waals surface area contributed by atoms with Gasteiger partial charge in [0.15, 0.2) is 9.84 Å².